The lowest BCUT2D eigenvalue weighted by Gasteiger charge is -2.12. The van der Waals surface area contributed by atoms with E-state index >= 15 is 0 Å². The molecule has 142 valence electrons. The Labute approximate surface area is 158 Å². The van der Waals surface area contributed by atoms with E-state index in [0.717, 1.165) is 11.4 Å². The van der Waals surface area contributed by atoms with Gasteiger partial charge in [-0.2, -0.15) is 5.10 Å². The van der Waals surface area contributed by atoms with Gasteiger partial charge in [0, 0.05) is 20.1 Å². The van der Waals surface area contributed by atoms with E-state index in [1.165, 1.54) is 0 Å². The number of hydrogen-bond donors (Lipinski definition) is 3. The quantitative estimate of drug-likeness (QED) is 0.666. The number of nitrogens with zero attached hydrogens (tertiary/aromatic N) is 2. The van der Waals surface area contributed by atoms with Gasteiger partial charge in [0.2, 0.25) is 0 Å². The number of nitrogens with one attached hydrogen (secondary N) is 2. The van der Waals surface area contributed by atoms with Gasteiger partial charge in [-0.1, -0.05) is 12.1 Å². The van der Waals surface area contributed by atoms with Crippen molar-refractivity contribution < 1.29 is 14.3 Å². The fourth-order valence-corrected chi connectivity index (χ4v) is 2.36. The highest BCUT2D eigenvalue weighted by atomic mass is 35.5. The molecule has 2 amide bonds. The largest absolute Gasteiger partial charge is 0.480 e. The van der Waals surface area contributed by atoms with E-state index < -0.39 is 0 Å². The summed E-state index contributed by atoms with van der Waals surface area (Å²) in [5.74, 6) is -0.0606. The van der Waals surface area contributed by atoms with Crippen LogP contribution in [-0.2, 0) is 11.8 Å². The van der Waals surface area contributed by atoms with Crippen molar-refractivity contribution in [3.05, 3.63) is 41.2 Å². The molecule has 1 heterocycles. The van der Waals surface area contributed by atoms with Crippen LogP contribution >= 0.6 is 12.4 Å². The van der Waals surface area contributed by atoms with Crippen LogP contribution in [0.5, 0.6) is 5.75 Å². The maximum Gasteiger partial charge on any atom is 0.262 e. The van der Waals surface area contributed by atoms with Gasteiger partial charge in [-0.15, -0.1) is 12.4 Å². The van der Waals surface area contributed by atoms with Gasteiger partial charge in [-0.25, -0.2) is 0 Å². The molecule has 0 aliphatic heterocycles. The molecule has 0 spiro atoms. The number of para-hydroxylation sites is 1. The highest BCUT2D eigenvalue weighted by Crippen LogP contribution is 2.21. The smallest absolute Gasteiger partial charge is 0.262 e. The van der Waals surface area contributed by atoms with Crippen LogP contribution in [0, 0.1) is 13.8 Å². The molecule has 2 rings (SSSR count). The predicted octanol–water partition coefficient (Wildman–Crippen LogP) is 1.16. The number of rotatable bonds is 7. The second-order valence-electron chi connectivity index (χ2n) is 5.55. The van der Waals surface area contributed by atoms with Crippen molar-refractivity contribution in [2.75, 3.05) is 25.0 Å². The number of ether oxygens (including phenoxy) is 1. The Bertz CT molecular complexity index is 776. The summed E-state index contributed by atoms with van der Waals surface area (Å²) in [5, 5.41) is 9.62. The average Bonchev–Trinajstić information content (AvgIpc) is 2.83. The molecule has 26 heavy (non-hydrogen) atoms. The summed E-state index contributed by atoms with van der Waals surface area (Å²) in [6.45, 7) is 4.22. The first-order valence-corrected chi connectivity index (χ1v) is 7.94. The second kappa shape index (κ2) is 9.79. The summed E-state index contributed by atoms with van der Waals surface area (Å²) in [4.78, 5) is 24.3. The lowest BCUT2D eigenvalue weighted by atomic mass is 10.1. The molecule has 0 radical (unpaired) electrons. The zero-order chi connectivity index (χ0) is 18.4. The van der Waals surface area contributed by atoms with Crippen molar-refractivity contribution in [1.82, 2.24) is 15.1 Å². The van der Waals surface area contributed by atoms with Gasteiger partial charge in [0.05, 0.1) is 16.9 Å². The van der Waals surface area contributed by atoms with E-state index in [4.69, 9.17) is 10.5 Å². The molecule has 9 heteroatoms. The standard InChI is InChI=1S/C17H23N5O3.ClH/c1-11-16(12(2)22(3)21-11)25-10-15(23)20-14-7-5-4-6-13(14)17(24)19-9-8-18;/h4-7H,8-10,18H2,1-3H3,(H,19,24)(H,20,23);1H. The number of carbonyl (C=O) groups is 2. The van der Waals surface area contributed by atoms with Crippen LogP contribution in [0.3, 0.4) is 0 Å². The first kappa shape index (κ1) is 21.5. The summed E-state index contributed by atoms with van der Waals surface area (Å²) in [7, 11) is 1.81. The third-order valence-corrected chi connectivity index (χ3v) is 3.67. The predicted molar refractivity (Wildman–Crippen MR) is 102 cm³/mol. The number of anilines is 1. The molecule has 0 saturated heterocycles. The van der Waals surface area contributed by atoms with Crippen LogP contribution in [0.2, 0.25) is 0 Å². The van der Waals surface area contributed by atoms with E-state index in [0.29, 0.717) is 30.1 Å². The molecule has 0 bridgehead atoms. The SMILES string of the molecule is Cc1nn(C)c(C)c1OCC(=O)Nc1ccccc1C(=O)NCCN.Cl. The Morgan fingerprint density at radius 1 is 1.27 bits per heavy atom. The summed E-state index contributed by atoms with van der Waals surface area (Å²) >= 11 is 0. The topological polar surface area (TPSA) is 111 Å². The van der Waals surface area contributed by atoms with Crippen molar-refractivity contribution in [1.29, 1.82) is 0 Å². The average molecular weight is 382 g/mol. The van der Waals surface area contributed by atoms with Crippen LogP contribution in [0.4, 0.5) is 5.69 Å². The maximum atomic E-state index is 12.2. The lowest BCUT2D eigenvalue weighted by Crippen LogP contribution is -2.30. The number of nitrogens with two attached hydrogens (primary N) is 1. The third kappa shape index (κ3) is 5.21. The Morgan fingerprint density at radius 2 is 1.96 bits per heavy atom. The summed E-state index contributed by atoms with van der Waals surface area (Å²) in [5.41, 5.74) is 7.74. The molecular weight excluding hydrogens is 358 g/mol. The third-order valence-electron chi connectivity index (χ3n) is 3.67. The van der Waals surface area contributed by atoms with Crippen molar-refractivity contribution in [3.63, 3.8) is 0 Å². The summed E-state index contributed by atoms with van der Waals surface area (Å²) < 4.78 is 7.27. The summed E-state index contributed by atoms with van der Waals surface area (Å²) in [6, 6.07) is 6.77. The van der Waals surface area contributed by atoms with Crippen LogP contribution in [0.1, 0.15) is 21.7 Å². The van der Waals surface area contributed by atoms with Gasteiger partial charge in [0.15, 0.2) is 12.4 Å². The highest BCUT2D eigenvalue weighted by molar-refractivity contribution is 6.04. The zero-order valence-corrected chi connectivity index (χ0v) is 15.9. The van der Waals surface area contributed by atoms with Crippen molar-refractivity contribution in [2.45, 2.75) is 13.8 Å². The molecule has 2 aromatic rings. The van der Waals surface area contributed by atoms with Crippen LogP contribution in [0.25, 0.3) is 0 Å². The summed E-state index contributed by atoms with van der Waals surface area (Å²) in [6.07, 6.45) is 0. The Balaban J connectivity index is 0.00000338. The van der Waals surface area contributed by atoms with E-state index in [1.54, 1.807) is 28.9 Å². The van der Waals surface area contributed by atoms with Gasteiger partial charge in [-0.3, -0.25) is 14.3 Å². The number of hydrogen-bond acceptors (Lipinski definition) is 5. The molecule has 0 fully saturated rings. The molecule has 0 unspecified atom stereocenters. The molecule has 1 aromatic heterocycles. The lowest BCUT2D eigenvalue weighted by molar-refractivity contribution is -0.118. The molecule has 1 aromatic carbocycles. The monoisotopic (exact) mass is 381 g/mol. The molecular formula is C17H24ClN5O3. The minimum absolute atomic E-state index is 0. The van der Waals surface area contributed by atoms with Gasteiger partial charge < -0.3 is 21.1 Å². The van der Waals surface area contributed by atoms with E-state index in [1.807, 2.05) is 20.9 Å². The number of carbonyl (C=O) groups excluding carboxylic acids is 2. The molecule has 0 aliphatic carbocycles. The normalized spacial score (nSPS) is 10.0. The molecule has 8 nitrogen and oxygen atoms in total. The molecule has 0 atom stereocenters. The molecule has 0 saturated carbocycles. The maximum absolute atomic E-state index is 12.2. The number of aromatic nitrogens is 2. The Hall–Kier alpha value is -2.58. The van der Waals surface area contributed by atoms with E-state index in [-0.39, 0.29) is 30.8 Å². The number of aryl methyl sites for hydroxylation is 2. The zero-order valence-electron chi connectivity index (χ0n) is 15.0. The van der Waals surface area contributed by atoms with Crippen molar-refractivity contribution in [2.24, 2.45) is 12.8 Å². The number of amides is 2. The molecule has 0 aliphatic rings. The second-order valence-corrected chi connectivity index (χ2v) is 5.55. The number of halogens is 1. The molecule has 4 N–H and O–H groups in total. The van der Waals surface area contributed by atoms with Crippen molar-refractivity contribution >= 4 is 29.9 Å². The van der Waals surface area contributed by atoms with Crippen LogP contribution in [0.15, 0.2) is 24.3 Å². The van der Waals surface area contributed by atoms with Crippen LogP contribution in [-0.4, -0.2) is 41.3 Å². The van der Waals surface area contributed by atoms with E-state index in [9.17, 15) is 9.59 Å². The van der Waals surface area contributed by atoms with Gasteiger partial charge >= 0.3 is 0 Å². The highest BCUT2D eigenvalue weighted by Gasteiger charge is 2.15. The Kier molecular flexibility index (Phi) is 8.08. The van der Waals surface area contributed by atoms with Crippen LogP contribution < -0.4 is 21.1 Å². The first-order valence-electron chi connectivity index (χ1n) is 7.94. The fraction of sp³-hybridized carbons (Fsp3) is 0.353. The minimum atomic E-state index is -0.360. The number of benzene rings is 1. The van der Waals surface area contributed by atoms with Gasteiger partial charge in [0.25, 0.3) is 11.8 Å². The Morgan fingerprint density at radius 3 is 2.58 bits per heavy atom. The van der Waals surface area contributed by atoms with E-state index in [2.05, 4.69) is 15.7 Å². The fourth-order valence-electron chi connectivity index (χ4n) is 2.36. The van der Waals surface area contributed by atoms with Crippen molar-refractivity contribution in [3.8, 4) is 5.75 Å². The van der Waals surface area contributed by atoms with Gasteiger partial charge in [-0.05, 0) is 26.0 Å². The first-order chi connectivity index (χ1) is 11.9. The van der Waals surface area contributed by atoms with Gasteiger partial charge in [0.1, 0.15) is 5.69 Å². The minimum Gasteiger partial charge on any atom is -0.480 e.